The van der Waals surface area contributed by atoms with Gasteiger partial charge >= 0.3 is 0 Å². The summed E-state index contributed by atoms with van der Waals surface area (Å²) >= 11 is 1.43. The third-order valence-corrected chi connectivity index (χ3v) is 4.18. The van der Waals surface area contributed by atoms with Gasteiger partial charge in [-0.1, -0.05) is 0 Å². The molecule has 0 aliphatic rings. The highest BCUT2D eigenvalue weighted by molar-refractivity contribution is 7.14. The van der Waals surface area contributed by atoms with Gasteiger partial charge in [-0.05, 0) is 39.3 Å². The molecule has 2 heterocycles. The van der Waals surface area contributed by atoms with Gasteiger partial charge in [0.2, 0.25) is 0 Å². The van der Waals surface area contributed by atoms with E-state index < -0.39 is 0 Å². The second-order valence-corrected chi connectivity index (χ2v) is 6.14. The molecule has 0 saturated heterocycles. The Morgan fingerprint density at radius 2 is 2.15 bits per heavy atom. The van der Waals surface area contributed by atoms with E-state index in [0.29, 0.717) is 17.1 Å². The Bertz CT molecular complexity index is 595. The van der Waals surface area contributed by atoms with Crippen molar-refractivity contribution in [2.24, 2.45) is 0 Å². The van der Waals surface area contributed by atoms with Crippen LogP contribution in [0.3, 0.4) is 0 Å². The number of nitrogens with zero attached hydrogens (tertiary/aromatic N) is 2. The SMILES string of the molecule is Cc1cc(C)n(CCCNC(=O)c2cc(N)c(C)s2)n1. The molecule has 0 aliphatic heterocycles. The normalized spacial score (nSPS) is 10.8. The maximum Gasteiger partial charge on any atom is 0.261 e. The lowest BCUT2D eigenvalue weighted by Gasteiger charge is -2.05. The van der Waals surface area contributed by atoms with E-state index in [1.165, 1.54) is 11.3 Å². The van der Waals surface area contributed by atoms with Crippen LogP contribution in [0.4, 0.5) is 5.69 Å². The Balaban J connectivity index is 1.78. The molecule has 0 aromatic carbocycles. The van der Waals surface area contributed by atoms with Crippen molar-refractivity contribution >= 4 is 22.9 Å². The highest BCUT2D eigenvalue weighted by Gasteiger charge is 2.10. The number of hydrogen-bond acceptors (Lipinski definition) is 4. The minimum Gasteiger partial charge on any atom is -0.398 e. The fourth-order valence-electron chi connectivity index (χ4n) is 2.03. The van der Waals surface area contributed by atoms with Gasteiger partial charge in [-0.2, -0.15) is 5.10 Å². The van der Waals surface area contributed by atoms with Crippen molar-refractivity contribution in [2.45, 2.75) is 33.7 Å². The Hall–Kier alpha value is -1.82. The van der Waals surface area contributed by atoms with E-state index in [1.54, 1.807) is 6.07 Å². The molecule has 2 rings (SSSR count). The largest absolute Gasteiger partial charge is 0.398 e. The maximum absolute atomic E-state index is 11.9. The van der Waals surface area contributed by atoms with Crippen molar-refractivity contribution in [2.75, 3.05) is 12.3 Å². The van der Waals surface area contributed by atoms with E-state index in [1.807, 2.05) is 25.5 Å². The highest BCUT2D eigenvalue weighted by Crippen LogP contribution is 2.23. The molecule has 0 aliphatic carbocycles. The van der Waals surface area contributed by atoms with Crippen LogP contribution in [0.5, 0.6) is 0 Å². The molecule has 0 spiro atoms. The summed E-state index contributed by atoms with van der Waals surface area (Å²) in [4.78, 5) is 13.6. The molecule has 3 N–H and O–H groups in total. The zero-order valence-corrected chi connectivity index (χ0v) is 12.9. The summed E-state index contributed by atoms with van der Waals surface area (Å²) in [6, 6.07) is 3.78. The van der Waals surface area contributed by atoms with Crippen molar-refractivity contribution in [3.63, 3.8) is 0 Å². The summed E-state index contributed by atoms with van der Waals surface area (Å²) in [5, 5.41) is 7.30. The number of aromatic nitrogens is 2. The van der Waals surface area contributed by atoms with E-state index in [9.17, 15) is 4.79 Å². The summed E-state index contributed by atoms with van der Waals surface area (Å²) < 4.78 is 1.97. The molecule has 108 valence electrons. The van der Waals surface area contributed by atoms with Gasteiger partial charge in [0.25, 0.3) is 5.91 Å². The number of amides is 1. The van der Waals surface area contributed by atoms with Crippen LogP contribution in [0.15, 0.2) is 12.1 Å². The number of thiophene rings is 1. The molecule has 0 fully saturated rings. The number of nitrogens with one attached hydrogen (secondary N) is 1. The first-order valence-corrected chi connectivity index (χ1v) is 7.44. The molecule has 20 heavy (non-hydrogen) atoms. The lowest BCUT2D eigenvalue weighted by molar-refractivity contribution is 0.0956. The summed E-state index contributed by atoms with van der Waals surface area (Å²) in [7, 11) is 0. The van der Waals surface area contributed by atoms with Crippen LogP contribution in [0.2, 0.25) is 0 Å². The molecule has 5 nitrogen and oxygen atoms in total. The third kappa shape index (κ3) is 3.39. The Morgan fingerprint density at radius 3 is 2.70 bits per heavy atom. The number of rotatable bonds is 5. The van der Waals surface area contributed by atoms with E-state index in [-0.39, 0.29) is 5.91 Å². The van der Waals surface area contributed by atoms with Crippen LogP contribution in [0.25, 0.3) is 0 Å². The first-order valence-electron chi connectivity index (χ1n) is 6.62. The van der Waals surface area contributed by atoms with Crippen LogP contribution >= 0.6 is 11.3 Å². The minimum atomic E-state index is -0.0526. The number of hydrogen-bond donors (Lipinski definition) is 2. The van der Waals surface area contributed by atoms with Gasteiger partial charge in [0.1, 0.15) is 0 Å². The molecule has 0 bridgehead atoms. The number of aryl methyl sites for hydroxylation is 4. The smallest absolute Gasteiger partial charge is 0.261 e. The van der Waals surface area contributed by atoms with Crippen molar-refractivity contribution < 1.29 is 4.79 Å². The lowest BCUT2D eigenvalue weighted by Crippen LogP contribution is -2.24. The summed E-state index contributed by atoms with van der Waals surface area (Å²) in [5.74, 6) is -0.0526. The van der Waals surface area contributed by atoms with Crippen LogP contribution < -0.4 is 11.1 Å². The number of anilines is 1. The predicted molar refractivity (Wildman–Crippen MR) is 82.1 cm³/mol. The first-order chi connectivity index (χ1) is 9.47. The topological polar surface area (TPSA) is 72.9 Å². The van der Waals surface area contributed by atoms with Gasteiger partial charge in [0.05, 0.1) is 10.6 Å². The van der Waals surface area contributed by atoms with Crippen molar-refractivity contribution in [3.05, 3.63) is 33.3 Å². The summed E-state index contributed by atoms with van der Waals surface area (Å²) in [6.07, 6.45) is 0.855. The van der Waals surface area contributed by atoms with E-state index in [0.717, 1.165) is 29.2 Å². The Labute approximate surface area is 122 Å². The standard InChI is InChI=1S/C14H20N4OS/c1-9-7-10(2)18(17-9)6-4-5-16-14(19)13-8-12(15)11(3)20-13/h7-8H,4-6,15H2,1-3H3,(H,16,19). The molecule has 2 aromatic heterocycles. The quantitative estimate of drug-likeness (QED) is 0.830. The fraction of sp³-hybridized carbons (Fsp3) is 0.429. The van der Waals surface area contributed by atoms with E-state index >= 15 is 0 Å². The molecule has 0 saturated carbocycles. The summed E-state index contributed by atoms with van der Waals surface area (Å²) in [6.45, 7) is 7.38. The second-order valence-electron chi connectivity index (χ2n) is 4.88. The van der Waals surface area contributed by atoms with Crippen molar-refractivity contribution in [1.82, 2.24) is 15.1 Å². The van der Waals surface area contributed by atoms with Gasteiger partial charge < -0.3 is 11.1 Å². The van der Waals surface area contributed by atoms with Crippen LogP contribution in [0, 0.1) is 20.8 Å². The van der Waals surface area contributed by atoms with Gasteiger partial charge in [-0.3, -0.25) is 9.48 Å². The van der Waals surface area contributed by atoms with Gasteiger partial charge in [0, 0.05) is 29.3 Å². The van der Waals surface area contributed by atoms with E-state index in [4.69, 9.17) is 5.73 Å². The molecular weight excluding hydrogens is 272 g/mol. The molecule has 1 amide bonds. The predicted octanol–water partition coefficient (Wildman–Crippen LogP) is 2.27. The molecule has 0 unspecified atom stereocenters. The number of carbonyl (C=O) groups excluding carboxylic acids is 1. The number of nitrogens with two attached hydrogens (primary N) is 1. The zero-order valence-electron chi connectivity index (χ0n) is 12.1. The summed E-state index contributed by atoms with van der Waals surface area (Å²) in [5.41, 5.74) is 8.60. The fourth-order valence-corrected chi connectivity index (χ4v) is 2.88. The van der Waals surface area contributed by atoms with Crippen molar-refractivity contribution in [1.29, 1.82) is 0 Å². The highest BCUT2D eigenvalue weighted by atomic mass is 32.1. The molecule has 2 aromatic rings. The van der Waals surface area contributed by atoms with Gasteiger partial charge in [0.15, 0.2) is 0 Å². The molecule has 0 atom stereocenters. The van der Waals surface area contributed by atoms with Crippen LogP contribution in [-0.4, -0.2) is 22.2 Å². The second kappa shape index (κ2) is 6.09. The third-order valence-electron chi connectivity index (χ3n) is 3.12. The minimum absolute atomic E-state index is 0.0526. The van der Waals surface area contributed by atoms with Crippen LogP contribution in [-0.2, 0) is 6.54 Å². The number of carbonyl (C=O) groups is 1. The monoisotopic (exact) mass is 292 g/mol. The lowest BCUT2D eigenvalue weighted by atomic mass is 10.3. The van der Waals surface area contributed by atoms with Gasteiger partial charge in [-0.25, -0.2) is 0 Å². The van der Waals surface area contributed by atoms with Gasteiger partial charge in [-0.15, -0.1) is 11.3 Å². The van der Waals surface area contributed by atoms with Crippen molar-refractivity contribution in [3.8, 4) is 0 Å². The molecular formula is C14H20N4OS. The molecule has 6 heteroatoms. The average molecular weight is 292 g/mol. The zero-order chi connectivity index (χ0) is 14.7. The maximum atomic E-state index is 11.9. The first kappa shape index (κ1) is 14.6. The Morgan fingerprint density at radius 1 is 1.40 bits per heavy atom. The number of nitrogen functional groups attached to an aromatic ring is 1. The van der Waals surface area contributed by atoms with Crippen LogP contribution in [0.1, 0.15) is 32.4 Å². The molecule has 0 radical (unpaired) electrons. The van der Waals surface area contributed by atoms with E-state index in [2.05, 4.69) is 16.5 Å². The Kier molecular flexibility index (Phi) is 4.44. The average Bonchev–Trinajstić information content (AvgIpc) is 2.88.